The summed E-state index contributed by atoms with van der Waals surface area (Å²) in [5.74, 6) is 1.55. The van der Waals surface area contributed by atoms with Crippen LogP contribution in [0.3, 0.4) is 0 Å². The summed E-state index contributed by atoms with van der Waals surface area (Å²) >= 11 is 2.22. The highest BCUT2D eigenvalue weighted by Crippen LogP contribution is 2.31. The van der Waals surface area contributed by atoms with E-state index >= 15 is 0 Å². The summed E-state index contributed by atoms with van der Waals surface area (Å²) in [6.07, 6.45) is -0.106. The number of nitrogen functional groups attached to an aromatic ring is 1. The molecule has 0 bridgehead atoms. The number of halogens is 1. The summed E-state index contributed by atoms with van der Waals surface area (Å²) in [6, 6.07) is 0. The molecule has 0 fully saturated rings. The number of nitrogens with two attached hydrogens (primary N) is 1. The van der Waals surface area contributed by atoms with E-state index in [1.807, 2.05) is 6.92 Å². The van der Waals surface area contributed by atoms with Gasteiger partial charge in [0, 0.05) is 12.0 Å². The molecule has 0 saturated heterocycles. The largest absolute Gasteiger partial charge is 0.383 e. The molecule has 0 aliphatic rings. The molecule has 0 spiro atoms. The Labute approximate surface area is 129 Å². The second-order valence-corrected chi connectivity index (χ2v) is 7.08. The Morgan fingerprint density at radius 2 is 1.84 bits per heavy atom. The Hall–Kier alpha value is -0.430. The molecule has 0 aliphatic heterocycles. The average molecular weight is 377 g/mol. The van der Waals surface area contributed by atoms with Crippen LogP contribution in [0.4, 0.5) is 5.82 Å². The maximum Gasteiger partial charge on any atom is 0.160 e. The van der Waals surface area contributed by atoms with Crippen LogP contribution in [0.1, 0.15) is 59.2 Å². The molecule has 2 N–H and O–H groups in total. The minimum atomic E-state index is -0.106. The van der Waals surface area contributed by atoms with Crippen LogP contribution in [0.2, 0.25) is 0 Å². The van der Waals surface area contributed by atoms with E-state index in [9.17, 15) is 0 Å². The Morgan fingerprint density at radius 3 is 2.26 bits per heavy atom. The van der Waals surface area contributed by atoms with Gasteiger partial charge in [0.05, 0.1) is 9.26 Å². The van der Waals surface area contributed by atoms with E-state index in [1.54, 1.807) is 0 Å². The van der Waals surface area contributed by atoms with E-state index in [2.05, 4.69) is 62.2 Å². The van der Waals surface area contributed by atoms with E-state index in [0.717, 1.165) is 9.26 Å². The van der Waals surface area contributed by atoms with Crippen molar-refractivity contribution in [2.75, 3.05) is 12.3 Å². The highest BCUT2D eigenvalue weighted by atomic mass is 127. The fraction of sp³-hybridized carbons (Fsp3) is 0.714. The van der Waals surface area contributed by atoms with Gasteiger partial charge in [-0.05, 0) is 35.4 Å². The molecule has 0 radical (unpaired) electrons. The van der Waals surface area contributed by atoms with E-state index in [4.69, 9.17) is 15.5 Å². The van der Waals surface area contributed by atoms with Crippen LogP contribution in [0.25, 0.3) is 0 Å². The highest BCUT2D eigenvalue weighted by molar-refractivity contribution is 14.1. The van der Waals surface area contributed by atoms with E-state index in [1.165, 1.54) is 0 Å². The molecule has 1 aromatic rings. The van der Waals surface area contributed by atoms with E-state index in [0.29, 0.717) is 24.2 Å². The molecule has 0 saturated carbocycles. The fourth-order valence-electron chi connectivity index (χ4n) is 1.85. The van der Waals surface area contributed by atoms with Gasteiger partial charge in [-0.15, -0.1) is 0 Å². The van der Waals surface area contributed by atoms with Gasteiger partial charge < -0.3 is 10.5 Å². The second kappa shape index (κ2) is 6.35. The van der Waals surface area contributed by atoms with Gasteiger partial charge in [-0.25, -0.2) is 9.97 Å². The lowest BCUT2D eigenvalue weighted by atomic mass is 9.91. The van der Waals surface area contributed by atoms with Crippen LogP contribution in [-0.2, 0) is 10.2 Å². The van der Waals surface area contributed by atoms with Gasteiger partial charge in [-0.1, -0.05) is 34.6 Å². The molecular weight excluding hydrogens is 353 g/mol. The molecule has 1 heterocycles. The Balaban J connectivity index is 3.33. The maximum atomic E-state index is 6.04. The van der Waals surface area contributed by atoms with Gasteiger partial charge in [0.25, 0.3) is 0 Å². The molecule has 1 atom stereocenters. The van der Waals surface area contributed by atoms with Crippen LogP contribution >= 0.6 is 22.6 Å². The van der Waals surface area contributed by atoms with Crippen LogP contribution < -0.4 is 5.73 Å². The lowest BCUT2D eigenvalue weighted by Crippen LogP contribution is -2.22. The summed E-state index contributed by atoms with van der Waals surface area (Å²) in [5.41, 5.74) is 6.97. The van der Waals surface area contributed by atoms with Crippen LogP contribution in [0.5, 0.6) is 0 Å². The quantitative estimate of drug-likeness (QED) is 0.813. The molecule has 0 amide bonds. The molecular formula is C14H24IN3O. The third-order valence-electron chi connectivity index (χ3n) is 2.81. The van der Waals surface area contributed by atoms with Gasteiger partial charge in [0.15, 0.2) is 5.82 Å². The van der Waals surface area contributed by atoms with Gasteiger partial charge in [0.2, 0.25) is 0 Å². The first-order valence-electron chi connectivity index (χ1n) is 6.63. The molecule has 108 valence electrons. The zero-order valence-electron chi connectivity index (χ0n) is 12.6. The summed E-state index contributed by atoms with van der Waals surface area (Å²) in [6.45, 7) is 13.2. The number of hydrogen-bond donors (Lipinski definition) is 1. The molecule has 0 aromatic carbocycles. The number of ether oxygens (including phenoxy) is 1. The number of anilines is 1. The normalized spacial score (nSPS) is 13.9. The van der Waals surface area contributed by atoms with Crippen LogP contribution in [0, 0.1) is 9.49 Å². The summed E-state index contributed by atoms with van der Waals surface area (Å²) in [5, 5.41) is 0. The zero-order chi connectivity index (χ0) is 14.8. The van der Waals surface area contributed by atoms with Gasteiger partial charge in [-0.2, -0.15) is 0 Å². The Kier molecular flexibility index (Phi) is 5.55. The number of nitrogens with zero attached hydrogens (tertiary/aromatic N) is 2. The predicted octanol–water partition coefficient (Wildman–Crippen LogP) is 3.69. The smallest absolute Gasteiger partial charge is 0.160 e. The Morgan fingerprint density at radius 1 is 1.26 bits per heavy atom. The van der Waals surface area contributed by atoms with E-state index in [-0.39, 0.29) is 11.5 Å². The van der Waals surface area contributed by atoms with Crippen molar-refractivity contribution in [3.05, 3.63) is 15.1 Å². The van der Waals surface area contributed by atoms with Crippen molar-refractivity contribution in [3.63, 3.8) is 0 Å². The fourth-order valence-corrected chi connectivity index (χ4v) is 2.90. The molecule has 4 nitrogen and oxygen atoms in total. The maximum absolute atomic E-state index is 6.04. The van der Waals surface area contributed by atoms with Crippen LogP contribution in [0.15, 0.2) is 0 Å². The molecule has 1 aromatic heterocycles. The van der Waals surface area contributed by atoms with Crippen molar-refractivity contribution in [3.8, 4) is 0 Å². The lowest BCUT2D eigenvalue weighted by molar-refractivity contribution is 0.0230. The molecule has 5 heteroatoms. The van der Waals surface area contributed by atoms with Crippen molar-refractivity contribution in [1.82, 2.24) is 9.97 Å². The van der Waals surface area contributed by atoms with Gasteiger partial charge in [0.1, 0.15) is 11.9 Å². The van der Waals surface area contributed by atoms with Crippen molar-refractivity contribution in [2.24, 2.45) is 5.92 Å². The summed E-state index contributed by atoms with van der Waals surface area (Å²) < 4.78 is 6.71. The first kappa shape index (κ1) is 16.6. The topological polar surface area (TPSA) is 61.0 Å². The minimum Gasteiger partial charge on any atom is -0.383 e. The average Bonchev–Trinajstić information content (AvgIpc) is 2.27. The second-order valence-electron chi connectivity index (χ2n) is 6.00. The third kappa shape index (κ3) is 4.02. The number of aromatic nitrogens is 2. The zero-order valence-corrected chi connectivity index (χ0v) is 14.8. The number of rotatable bonds is 4. The van der Waals surface area contributed by atoms with Crippen LogP contribution in [-0.4, -0.2) is 16.6 Å². The molecule has 0 aliphatic carbocycles. The van der Waals surface area contributed by atoms with Crippen molar-refractivity contribution in [2.45, 2.75) is 53.1 Å². The van der Waals surface area contributed by atoms with Crippen molar-refractivity contribution >= 4 is 28.4 Å². The van der Waals surface area contributed by atoms with Gasteiger partial charge >= 0.3 is 0 Å². The number of hydrogen-bond acceptors (Lipinski definition) is 4. The molecule has 1 unspecified atom stereocenters. The monoisotopic (exact) mass is 377 g/mol. The Bertz CT molecular complexity index is 441. The third-order valence-corrected chi connectivity index (χ3v) is 3.87. The molecule has 19 heavy (non-hydrogen) atoms. The predicted molar refractivity (Wildman–Crippen MR) is 87.1 cm³/mol. The SMILES string of the molecule is CCOC(c1nc(N)c(I)c(C(C)(C)C)n1)C(C)C. The van der Waals surface area contributed by atoms with Crippen molar-refractivity contribution < 1.29 is 4.74 Å². The highest BCUT2D eigenvalue weighted by Gasteiger charge is 2.26. The first-order chi connectivity index (χ1) is 8.68. The van der Waals surface area contributed by atoms with Gasteiger partial charge in [-0.3, -0.25) is 0 Å². The first-order valence-corrected chi connectivity index (χ1v) is 7.71. The summed E-state index contributed by atoms with van der Waals surface area (Å²) in [4.78, 5) is 9.14. The minimum absolute atomic E-state index is 0.0594. The standard InChI is InChI=1S/C14H24IN3O/c1-7-19-10(8(2)3)13-17-11(14(4,5)6)9(15)12(16)18-13/h8,10H,7H2,1-6H3,(H2,16,17,18). The molecule has 1 rings (SSSR count). The lowest BCUT2D eigenvalue weighted by Gasteiger charge is -2.24. The summed E-state index contributed by atoms with van der Waals surface area (Å²) in [7, 11) is 0. The van der Waals surface area contributed by atoms with Crippen molar-refractivity contribution in [1.29, 1.82) is 0 Å². The van der Waals surface area contributed by atoms with E-state index < -0.39 is 0 Å².